The smallest absolute Gasteiger partial charge is 0.198 e. The quantitative estimate of drug-likeness (QED) is 0.851. The molecule has 0 radical (unpaired) electrons. The molecular weight excluding hydrogens is 292 g/mol. The van der Waals surface area contributed by atoms with Crippen LogP contribution >= 0.6 is 15.9 Å². The monoisotopic (exact) mass is 312 g/mol. The van der Waals surface area contributed by atoms with Crippen molar-refractivity contribution in [3.05, 3.63) is 16.0 Å². The van der Waals surface area contributed by atoms with Crippen molar-refractivity contribution >= 4 is 21.7 Å². The number of fused-ring (bicyclic) bond motifs is 1. The van der Waals surface area contributed by atoms with Crippen LogP contribution in [-0.4, -0.2) is 30.1 Å². The second kappa shape index (κ2) is 5.13. The van der Waals surface area contributed by atoms with Crippen LogP contribution in [0.4, 0.5) is 5.82 Å². The number of anilines is 1. The van der Waals surface area contributed by atoms with E-state index in [2.05, 4.69) is 63.9 Å². The van der Waals surface area contributed by atoms with E-state index in [4.69, 9.17) is 0 Å². The molecule has 0 bridgehead atoms. The molecule has 4 nitrogen and oxygen atoms in total. The second-order valence-electron chi connectivity index (χ2n) is 6.08. The molecule has 5 heteroatoms. The van der Waals surface area contributed by atoms with Gasteiger partial charge in [0.1, 0.15) is 5.82 Å². The molecule has 0 spiro atoms. The van der Waals surface area contributed by atoms with Crippen LogP contribution in [0.3, 0.4) is 0 Å². The van der Waals surface area contributed by atoms with Crippen LogP contribution in [0.25, 0.3) is 0 Å². The first-order valence-electron chi connectivity index (χ1n) is 6.34. The van der Waals surface area contributed by atoms with Crippen LogP contribution < -0.4 is 10.2 Å². The Labute approximate surface area is 117 Å². The van der Waals surface area contributed by atoms with Crippen molar-refractivity contribution in [2.75, 3.05) is 25.0 Å². The molecular formula is C13H21BrN4. The molecule has 1 aromatic heterocycles. The maximum absolute atomic E-state index is 4.56. The molecule has 0 aliphatic carbocycles. The minimum absolute atomic E-state index is 0.251. The fourth-order valence-corrected chi connectivity index (χ4v) is 2.78. The van der Waals surface area contributed by atoms with Gasteiger partial charge in [-0.1, -0.05) is 20.8 Å². The Kier molecular flexibility index (Phi) is 3.92. The zero-order chi connectivity index (χ0) is 13.3. The average Bonchev–Trinajstić information content (AvgIpc) is 2.25. The van der Waals surface area contributed by atoms with Gasteiger partial charge in [0.25, 0.3) is 0 Å². The van der Waals surface area contributed by atoms with Gasteiger partial charge in [-0.05, 0) is 21.3 Å². The van der Waals surface area contributed by atoms with E-state index in [0.29, 0.717) is 4.73 Å². The summed E-state index contributed by atoms with van der Waals surface area (Å²) in [5, 5.41) is 3.40. The molecule has 0 unspecified atom stereocenters. The lowest BCUT2D eigenvalue weighted by Crippen LogP contribution is -2.33. The average molecular weight is 313 g/mol. The summed E-state index contributed by atoms with van der Waals surface area (Å²) in [4.78, 5) is 11.3. The van der Waals surface area contributed by atoms with E-state index < -0.39 is 0 Å². The van der Waals surface area contributed by atoms with E-state index in [0.717, 1.165) is 31.9 Å². The summed E-state index contributed by atoms with van der Waals surface area (Å²) < 4.78 is 0.693. The lowest BCUT2D eigenvalue weighted by molar-refractivity contribution is 0.416. The minimum Gasteiger partial charge on any atom is -0.359 e. The highest BCUT2D eigenvalue weighted by molar-refractivity contribution is 9.10. The van der Waals surface area contributed by atoms with Gasteiger partial charge in [-0.3, -0.25) is 0 Å². The minimum atomic E-state index is 0.251. The Morgan fingerprint density at radius 2 is 2.06 bits per heavy atom. The molecule has 0 fully saturated rings. The first-order chi connectivity index (χ1) is 8.37. The van der Waals surface area contributed by atoms with Crippen molar-refractivity contribution in [2.24, 2.45) is 5.41 Å². The maximum Gasteiger partial charge on any atom is 0.198 e. The number of halogens is 1. The molecule has 0 aromatic carbocycles. The van der Waals surface area contributed by atoms with Crippen LogP contribution in [0.15, 0.2) is 4.73 Å². The predicted octanol–water partition coefficient (Wildman–Crippen LogP) is 2.37. The number of nitrogens with one attached hydrogen (secondary N) is 1. The zero-order valence-electron chi connectivity index (χ0n) is 11.5. The molecule has 1 aliphatic rings. The van der Waals surface area contributed by atoms with E-state index in [-0.39, 0.29) is 5.41 Å². The number of rotatable bonds is 2. The zero-order valence-corrected chi connectivity index (χ0v) is 13.1. The van der Waals surface area contributed by atoms with Gasteiger partial charge in [-0.2, -0.15) is 0 Å². The molecule has 0 amide bonds. The van der Waals surface area contributed by atoms with Gasteiger partial charge in [0, 0.05) is 38.7 Å². The van der Waals surface area contributed by atoms with E-state index >= 15 is 0 Å². The Morgan fingerprint density at radius 1 is 1.33 bits per heavy atom. The topological polar surface area (TPSA) is 41.1 Å². The van der Waals surface area contributed by atoms with Crippen LogP contribution in [0, 0.1) is 5.41 Å². The summed E-state index contributed by atoms with van der Waals surface area (Å²) in [6, 6.07) is 0. The molecule has 1 aliphatic heterocycles. The second-order valence-corrected chi connectivity index (χ2v) is 6.79. The van der Waals surface area contributed by atoms with Crippen LogP contribution in [-0.2, 0) is 13.0 Å². The fourth-order valence-electron chi connectivity index (χ4n) is 2.40. The van der Waals surface area contributed by atoms with E-state index in [9.17, 15) is 0 Å². The molecule has 1 N–H and O–H groups in total. The number of aromatic nitrogens is 2. The van der Waals surface area contributed by atoms with Gasteiger partial charge in [0.2, 0.25) is 0 Å². The van der Waals surface area contributed by atoms with Crippen LogP contribution in [0.5, 0.6) is 0 Å². The van der Waals surface area contributed by atoms with Crippen molar-refractivity contribution in [3.8, 4) is 0 Å². The predicted molar refractivity (Wildman–Crippen MR) is 77.9 cm³/mol. The number of hydrogen-bond acceptors (Lipinski definition) is 4. The summed E-state index contributed by atoms with van der Waals surface area (Å²) in [5.74, 6) is 1.05. The maximum atomic E-state index is 4.56. The summed E-state index contributed by atoms with van der Waals surface area (Å²) >= 11 is 3.42. The van der Waals surface area contributed by atoms with Crippen LogP contribution in [0.1, 0.15) is 32.0 Å². The molecule has 2 rings (SSSR count). The third-order valence-corrected chi connectivity index (χ3v) is 3.31. The highest BCUT2D eigenvalue weighted by atomic mass is 79.9. The van der Waals surface area contributed by atoms with Gasteiger partial charge in [-0.15, -0.1) is 0 Å². The standard InChI is InChI=1S/C13H21BrN4/c1-13(2,3)8-18(4)11-9-7-15-6-5-10(9)16-12(14)17-11/h15H,5-8H2,1-4H3. The first kappa shape index (κ1) is 13.7. The third kappa shape index (κ3) is 3.20. The van der Waals surface area contributed by atoms with Gasteiger partial charge < -0.3 is 10.2 Å². The van der Waals surface area contributed by atoms with Gasteiger partial charge in [0.15, 0.2) is 4.73 Å². The van der Waals surface area contributed by atoms with Crippen molar-refractivity contribution in [1.82, 2.24) is 15.3 Å². The Bertz CT molecular complexity index is 439. The first-order valence-corrected chi connectivity index (χ1v) is 7.13. The molecule has 18 heavy (non-hydrogen) atoms. The molecule has 0 saturated heterocycles. The van der Waals surface area contributed by atoms with E-state index in [1.165, 1.54) is 11.3 Å². The SMILES string of the molecule is CN(CC(C)(C)C)c1nc(Br)nc2c1CNCC2. The van der Waals surface area contributed by atoms with E-state index in [1.807, 2.05) is 0 Å². The molecule has 100 valence electrons. The van der Waals surface area contributed by atoms with Crippen molar-refractivity contribution in [3.63, 3.8) is 0 Å². The third-order valence-electron chi connectivity index (χ3n) is 2.96. The molecule has 2 heterocycles. The number of hydrogen-bond donors (Lipinski definition) is 1. The normalized spacial score (nSPS) is 15.4. The summed E-state index contributed by atoms with van der Waals surface area (Å²) in [7, 11) is 2.11. The summed E-state index contributed by atoms with van der Waals surface area (Å²) in [6.45, 7) is 9.56. The Morgan fingerprint density at radius 3 is 2.72 bits per heavy atom. The summed E-state index contributed by atoms with van der Waals surface area (Å²) in [6.07, 6.45) is 0.979. The Hall–Kier alpha value is -0.680. The Balaban J connectivity index is 2.34. The lowest BCUT2D eigenvalue weighted by Gasteiger charge is -2.30. The lowest BCUT2D eigenvalue weighted by atomic mass is 9.96. The number of nitrogens with zero attached hydrogens (tertiary/aromatic N) is 3. The fraction of sp³-hybridized carbons (Fsp3) is 0.692. The molecule has 1 aromatic rings. The van der Waals surface area contributed by atoms with Crippen LogP contribution in [0.2, 0.25) is 0 Å². The molecule has 0 atom stereocenters. The summed E-state index contributed by atoms with van der Waals surface area (Å²) in [5.41, 5.74) is 2.67. The van der Waals surface area contributed by atoms with E-state index in [1.54, 1.807) is 0 Å². The highest BCUT2D eigenvalue weighted by Gasteiger charge is 2.22. The van der Waals surface area contributed by atoms with Gasteiger partial charge in [0.05, 0.1) is 5.69 Å². The van der Waals surface area contributed by atoms with Crippen molar-refractivity contribution in [1.29, 1.82) is 0 Å². The van der Waals surface area contributed by atoms with Crippen molar-refractivity contribution in [2.45, 2.75) is 33.7 Å². The largest absolute Gasteiger partial charge is 0.359 e. The van der Waals surface area contributed by atoms with Gasteiger partial charge >= 0.3 is 0 Å². The van der Waals surface area contributed by atoms with Gasteiger partial charge in [-0.25, -0.2) is 9.97 Å². The van der Waals surface area contributed by atoms with Crippen molar-refractivity contribution < 1.29 is 0 Å². The highest BCUT2D eigenvalue weighted by Crippen LogP contribution is 2.26. The molecule has 0 saturated carbocycles.